The summed E-state index contributed by atoms with van der Waals surface area (Å²) in [6, 6.07) is 0.369. The minimum absolute atomic E-state index is 0.00548. The first kappa shape index (κ1) is 102. The number of Topliss-reactive ketones (excluding diaryl/α,β-unsaturated/α-hetero) is 5. The molecule has 105 heavy (non-hydrogen) atoms. The fraction of sp³-hybridized carbons (Fsp3) is 0.808. The van der Waals surface area contributed by atoms with E-state index >= 15 is 0 Å². The number of thioether (sulfide) groups is 5. The maximum Gasteiger partial charge on any atom is 0.373 e. The molecule has 1 aromatic heterocycles. The number of hydrogen-bond acceptors (Lipinski definition) is 23. The van der Waals surface area contributed by atoms with Crippen molar-refractivity contribution in [3.05, 3.63) is 11.4 Å². The highest BCUT2D eigenvalue weighted by Gasteiger charge is 2.43. The molecule has 0 N–H and O–H groups in total. The Kier molecular flexibility index (Phi) is 52.7. The van der Waals surface area contributed by atoms with Crippen LogP contribution in [0.4, 0.5) is 0 Å². The van der Waals surface area contributed by atoms with E-state index in [9.17, 15) is 52.7 Å². The van der Waals surface area contributed by atoms with Crippen molar-refractivity contribution in [3.63, 3.8) is 0 Å². The van der Waals surface area contributed by atoms with Gasteiger partial charge in [-0.25, -0.2) is 4.68 Å². The van der Waals surface area contributed by atoms with Crippen molar-refractivity contribution < 1.29 is 76.7 Å². The largest absolute Gasteiger partial charge is 0.373 e. The van der Waals surface area contributed by atoms with Crippen LogP contribution < -0.4 is 0 Å². The normalized spacial score (nSPS) is 20.0. The number of amides is 6. The predicted octanol–water partition coefficient (Wildman–Crippen LogP) is 14.9. The van der Waals surface area contributed by atoms with E-state index in [0.29, 0.717) is 87.9 Å². The standard InChI is InChI=1S/C18H29NO3S.C14H25N3O.C12H19NO3S.C12H22O2S.C10H17NO2S.C10H20OS.2CO2/c1-11(2)17(21)14-7-5-13(6-8-14)10-19-16(20)9-15(18(19)22)23-12(3)4;1-10(2)17-12-8-6-5-7-9-13(18-11(3)4)14(12)15-16-17;1-7(2)9(14)6-13-11(15)5-10(12(13)16)17-8(3)4;1-8(2)11(13)6-7-12(14)10(5)15-9(3)4;1-6(2)11-9(12)5-8(10(11)13)14-7(3)4;1-7(2)6-10(11)9(5)12-8(3)4;2*2-1-3/h11-15H,5-10H2,1-4H3;10-11,13H,5-9H2,1-4H3;7-8,10H,5-6H2,1-4H3;8-10H,6-7H2,1-5H3;6-8H,5H2,1-4H3;7-9H,6H2,1-5H3;;. The monoisotopic (exact) mass is 1570 g/mol. The summed E-state index contributed by atoms with van der Waals surface area (Å²) in [5.41, 5.74) is 2.37. The van der Waals surface area contributed by atoms with Crippen LogP contribution in [0.3, 0.4) is 0 Å². The fourth-order valence-electron chi connectivity index (χ4n) is 11.7. The molecule has 4 heterocycles. The van der Waals surface area contributed by atoms with Crippen molar-refractivity contribution in [2.75, 3.05) is 13.1 Å². The fourth-order valence-corrected chi connectivity index (χ4v) is 17.3. The molecule has 0 bridgehead atoms. The van der Waals surface area contributed by atoms with Gasteiger partial charge in [-0.15, -0.1) is 63.9 Å². The second-order valence-corrected chi connectivity index (χ2v) is 39.8. The Bertz CT molecular complexity index is 2910. The number of hydrogen-bond donors (Lipinski definition) is 0. The van der Waals surface area contributed by atoms with Gasteiger partial charge >= 0.3 is 12.3 Å². The molecule has 6 unspecified atom stereocenters. The molecule has 6 amide bonds. The van der Waals surface area contributed by atoms with Gasteiger partial charge in [0.1, 0.15) is 34.9 Å². The Morgan fingerprint density at radius 1 is 0.476 bits per heavy atom. The second kappa shape index (κ2) is 54.1. The summed E-state index contributed by atoms with van der Waals surface area (Å²) in [7, 11) is 0. The van der Waals surface area contributed by atoms with Gasteiger partial charge in [-0.05, 0) is 138 Å². The van der Waals surface area contributed by atoms with Gasteiger partial charge in [0.15, 0.2) is 5.78 Å². The minimum Gasteiger partial charge on any atom is -0.369 e. The van der Waals surface area contributed by atoms with Gasteiger partial charge in [-0.3, -0.25) is 67.4 Å². The van der Waals surface area contributed by atoms with Crippen LogP contribution in [0.5, 0.6) is 0 Å². The van der Waals surface area contributed by atoms with Crippen LogP contribution in [-0.4, -0.2) is 184 Å². The summed E-state index contributed by atoms with van der Waals surface area (Å²) in [5.74, 6) is 1.63. The van der Waals surface area contributed by atoms with E-state index in [-0.39, 0.29) is 146 Å². The van der Waals surface area contributed by atoms with E-state index in [0.717, 1.165) is 55.5 Å². The number of carbonyl (C=O) groups is 11. The number of aromatic nitrogens is 3. The number of ketones is 5. The Hall–Kier alpha value is -4.62. The zero-order valence-electron chi connectivity index (χ0n) is 68.3. The van der Waals surface area contributed by atoms with Crippen molar-refractivity contribution in [1.29, 1.82) is 0 Å². The van der Waals surface area contributed by atoms with Gasteiger partial charge in [0, 0.05) is 80.8 Å². The molecule has 6 rings (SSSR count). The Morgan fingerprint density at radius 3 is 1.30 bits per heavy atom. The number of carbonyl (C=O) groups excluding carboxylic acids is 15. The molecule has 22 nitrogen and oxygen atoms in total. The quantitative estimate of drug-likeness (QED) is 0.0673. The SMILES string of the molecule is CC(C)CC(=O)C(C)SC(C)C.CC(C)OC1CCCCCc2c1nnn2C(C)C.CC(C)SC(C)C(=O)CCC(=O)C(C)C.CC(C)SC1CC(=O)N(C(C)C)C1=O.CC(C)SC1CC(=O)N(CC(=O)C(C)C)C1=O.CC(C)SC1CC(=O)N(CC2CCC(C(=O)C(C)C)CC2)C1=O.O=C=O.O=C=O. The van der Waals surface area contributed by atoms with Gasteiger partial charge in [-0.1, -0.05) is 143 Å². The van der Waals surface area contributed by atoms with Crippen LogP contribution in [0, 0.1) is 35.5 Å². The molecule has 0 aromatic carbocycles. The van der Waals surface area contributed by atoms with Crippen LogP contribution in [0.2, 0.25) is 0 Å². The third kappa shape index (κ3) is 41.1. The summed E-state index contributed by atoms with van der Waals surface area (Å²) >= 11 is 8.08. The van der Waals surface area contributed by atoms with E-state index in [1.807, 2.05) is 83.1 Å². The van der Waals surface area contributed by atoms with Crippen molar-refractivity contribution in [2.45, 2.75) is 353 Å². The van der Waals surface area contributed by atoms with E-state index < -0.39 is 0 Å². The molecule has 27 heteroatoms. The summed E-state index contributed by atoms with van der Waals surface area (Å²) < 4.78 is 8.10. The molecule has 0 spiro atoms. The average molecular weight is 1570 g/mol. The molecule has 2 aliphatic carbocycles. The lowest BCUT2D eigenvalue weighted by Gasteiger charge is -2.30. The van der Waals surface area contributed by atoms with Crippen molar-refractivity contribution in [2.24, 2.45) is 35.5 Å². The second-order valence-electron chi connectivity index (χ2n) is 30.6. The first-order chi connectivity index (χ1) is 48.7. The number of likely N-dealkylation sites (tertiary alicyclic amines) is 3. The maximum absolute atomic E-state index is 12.4. The molecular weight excluding hydrogens is 1440 g/mol. The van der Waals surface area contributed by atoms with Gasteiger partial charge in [0.2, 0.25) is 35.4 Å². The lowest BCUT2D eigenvalue weighted by atomic mass is 9.77. The summed E-state index contributed by atoms with van der Waals surface area (Å²) in [5, 5.41) is 10.3. The van der Waals surface area contributed by atoms with E-state index in [1.165, 1.54) is 46.5 Å². The molecule has 1 saturated carbocycles. The zero-order valence-corrected chi connectivity index (χ0v) is 72.4. The number of fused-ring (bicyclic) bond motifs is 1. The molecule has 5 aliphatic rings. The third-order valence-corrected chi connectivity index (χ3v) is 22.9. The van der Waals surface area contributed by atoms with Crippen molar-refractivity contribution in [3.8, 4) is 0 Å². The van der Waals surface area contributed by atoms with Crippen molar-refractivity contribution in [1.82, 2.24) is 29.7 Å². The van der Waals surface area contributed by atoms with Crippen LogP contribution in [0.15, 0.2) is 0 Å². The number of imide groups is 3. The highest BCUT2D eigenvalue weighted by Crippen LogP contribution is 2.36. The Labute approximate surface area is 650 Å². The third-order valence-electron chi connectivity index (χ3n) is 16.8. The molecule has 6 atom stereocenters. The Balaban J connectivity index is 0. The molecule has 3 saturated heterocycles. The minimum atomic E-state index is -0.303. The van der Waals surface area contributed by atoms with E-state index in [4.69, 9.17) is 23.9 Å². The molecular formula is C78H132N6O16S5. The number of ether oxygens (including phenoxy) is 1. The lowest BCUT2D eigenvalue weighted by Crippen LogP contribution is -2.37. The van der Waals surface area contributed by atoms with Gasteiger partial charge in [0.25, 0.3) is 0 Å². The van der Waals surface area contributed by atoms with Crippen molar-refractivity contribution >= 4 is 135 Å². The van der Waals surface area contributed by atoms with E-state index in [2.05, 4.69) is 98.1 Å². The van der Waals surface area contributed by atoms with Crippen LogP contribution in [0.25, 0.3) is 0 Å². The zero-order chi connectivity index (χ0) is 81.5. The first-order valence-electron chi connectivity index (χ1n) is 37.8. The molecule has 0 radical (unpaired) electrons. The maximum atomic E-state index is 12.4. The average Bonchev–Trinajstić information content (AvgIpc) is 1.72. The lowest BCUT2D eigenvalue weighted by molar-refractivity contribution is -0.193. The number of rotatable bonds is 29. The summed E-state index contributed by atoms with van der Waals surface area (Å²) in [6.45, 7) is 52.6. The van der Waals surface area contributed by atoms with Crippen LogP contribution in [0.1, 0.15) is 293 Å². The molecule has 600 valence electrons. The van der Waals surface area contributed by atoms with Crippen LogP contribution >= 0.6 is 58.8 Å². The molecule has 3 aliphatic heterocycles. The smallest absolute Gasteiger partial charge is 0.369 e. The molecule has 4 fully saturated rings. The summed E-state index contributed by atoms with van der Waals surface area (Å²) in [6.07, 6.45) is 13.0. The van der Waals surface area contributed by atoms with Gasteiger partial charge in [0.05, 0.1) is 44.6 Å². The Morgan fingerprint density at radius 2 is 0.905 bits per heavy atom. The molecule has 1 aromatic rings. The topological polar surface area (TPSA) is 306 Å². The van der Waals surface area contributed by atoms with Gasteiger partial charge < -0.3 is 4.74 Å². The van der Waals surface area contributed by atoms with Crippen LogP contribution in [-0.2, 0) is 83.1 Å². The highest BCUT2D eigenvalue weighted by molar-refractivity contribution is 8.02. The predicted molar refractivity (Wildman–Crippen MR) is 423 cm³/mol. The number of nitrogens with zero attached hydrogens (tertiary/aromatic N) is 6. The van der Waals surface area contributed by atoms with E-state index in [1.54, 1.807) is 60.9 Å². The first-order valence-corrected chi connectivity index (χ1v) is 42.5. The summed E-state index contributed by atoms with van der Waals surface area (Å²) in [4.78, 5) is 166. The van der Waals surface area contributed by atoms with Gasteiger partial charge in [-0.2, -0.15) is 19.2 Å². The highest BCUT2D eigenvalue weighted by atomic mass is 32.2.